The summed E-state index contributed by atoms with van der Waals surface area (Å²) in [5.41, 5.74) is 5.35. The zero-order chi connectivity index (χ0) is 12.9. The summed E-state index contributed by atoms with van der Waals surface area (Å²) in [6.07, 6.45) is 13.4. The summed E-state index contributed by atoms with van der Waals surface area (Å²) in [6.45, 7) is 3.85. The summed E-state index contributed by atoms with van der Waals surface area (Å²) in [4.78, 5) is 11.0. The third-order valence-electron chi connectivity index (χ3n) is 2.63. The number of nitrogens with two attached hydrogens (primary N) is 1. The summed E-state index contributed by atoms with van der Waals surface area (Å²) in [5.74, 6) is -0.374. The van der Waals surface area contributed by atoms with E-state index < -0.39 is 6.04 Å². The van der Waals surface area contributed by atoms with Gasteiger partial charge in [0.2, 0.25) is 0 Å². The number of hydrogen-bond donors (Lipinski definition) is 1. The van der Waals surface area contributed by atoms with Crippen molar-refractivity contribution in [2.75, 3.05) is 0 Å². The van der Waals surface area contributed by atoms with Gasteiger partial charge in [0.25, 0.3) is 0 Å². The first-order valence-electron chi connectivity index (χ1n) is 6.79. The Balaban J connectivity index is 3.22. The normalized spacial score (nSPS) is 12.9. The van der Waals surface area contributed by atoms with Gasteiger partial charge in [0.15, 0.2) is 0 Å². The fourth-order valence-electron chi connectivity index (χ4n) is 1.51. The SMILES string of the molecule is CCCCCCCCCC=COC(=O)[C@H](C)N. The lowest BCUT2D eigenvalue weighted by molar-refractivity contribution is -0.139. The Morgan fingerprint density at radius 1 is 1.18 bits per heavy atom. The Kier molecular flexibility index (Phi) is 11.1. The van der Waals surface area contributed by atoms with Crippen LogP contribution in [0.15, 0.2) is 12.3 Å². The van der Waals surface area contributed by atoms with Crippen molar-refractivity contribution < 1.29 is 9.53 Å². The fourth-order valence-corrected chi connectivity index (χ4v) is 1.51. The molecule has 0 radical (unpaired) electrons. The van der Waals surface area contributed by atoms with Gasteiger partial charge in [-0.25, -0.2) is 4.79 Å². The van der Waals surface area contributed by atoms with E-state index in [4.69, 9.17) is 10.5 Å². The lowest BCUT2D eigenvalue weighted by Crippen LogP contribution is -2.27. The van der Waals surface area contributed by atoms with E-state index in [0.717, 1.165) is 6.42 Å². The van der Waals surface area contributed by atoms with Crippen LogP contribution in [0.1, 0.15) is 65.2 Å². The molecule has 0 saturated heterocycles. The maximum atomic E-state index is 11.0. The summed E-state index contributed by atoms with van der Waals surface area (Å²) in [7, 11) is 0. The van der Waals surface area contributed by atoms with Crippen molar-refractivity contribution in [3.63, 3.8) is 0 Å². The standard InChI is InChI=1S/C14H27NO2/c1-3-4-5-6-7-8-9-10-11-12-17-14(16)13(2)15/h11-13H,3-10,15H2,1-2H3/t13-/m0/s1. The maximum Gasteiger partial charge on any atom is 0.327 e. The highest BCUT2D eigenvalue weighted by molar-refractivity contribution is 5.75. The molecular weight excluding hydrogens is 214 g/mol. The van der Waals surface area contributed by atoms with Crippen LogP contribution in [0.4, 0.5) is 0 Å². The van der Waals surface area contributed by atoms with Crippen LogP contribution < -0.4 is 5.73 Å². The third-order valence-corrected chi connectivity index (χ3v) is 2.63. The molecule has 100 valence electrons. The minimum atomic E-state index is -0.543. The van der Waals surface area contributed by atoms with Gasteiger partial charge in [-0.1, -0.05) is 45.4 Å². The van der Waals surface area contributed by atoms with Crippen LogP contribution in [-0.2, 0) is 9.53 Å². The highest BCUT2D eigenvalue weighted by atomic mass is 16.5. The number of allylic oxidation sites excluding steroid dienone is 1. The molecule has 2 N–H and O–H groups in total. The summed E-state index contributed by atoms with van der Waals surface area (Å²) >= 11 is 0. The minimum absolute atomic E-state index is 0.374. The van der Waals surface area contributed by atoms with E-state index in [1.165, 1.54) is 51.2 Å². The van der Waals surface area contributed by atoms with Crippen molar-refractivity contribution in [1.82, 2.24) is 0 Å². The molecule has 0 spiro atoms. The largest absolute Gasteiger partial charge is 0.434 e. The van der Waals surface area contributed by atoms with Gasteiger partial charge in [0, 0.05) is 0 Å². The van der Waals surface area contributed by atoms with Crippen molar-refractivity contribution in [2.24, 2.45) is 5.73 Å². The molecule has 3 nitrogen and oxygen atoms in total. The molecule has 0 saturated carbocycles. The van der Waals surface area contributed by atoms with E-state index in [0.29, 0.717) is 0 Å². The van der Waals surface area contributed by atoms with Crippen molar-refractivity contribution >= 4 is 5.97 Å². The second-order valence-corrected chi connectivity index (χ2v) is 4.51. The molecule has 17 heavy (non-hydrogen) atoms. The maximum absolute atomic E-state index is 11.0. The lowest BCUT2D eigenvalue weighted by Gasteiger charge is -2.01. The van der Waals surface area contributed by atoms with E-state index in [-0.39, 0.29) is 5.97 Å². The average molecular weight is 241 g/mol. The zero-order valence-corrected chi connectivity index (χ0v) is 11.3. The second kappa shape index (κ2) is 11.6. The first-order valence-corrected chi connectivity index (χ1v) is 6.79. The Hall–Kier alpha value is -0.830. The number of carbonyl (C=O) groups is 1. The van der Waals surface area contributed by atoms with E-state index in [1.807, 2.05) is 6.08 Å². The number of carbonyl (C=O) groups excluding carboxylic acids is 1. The van der Waals surface area contributed by atoms with Gasteiger partial charge in [-0.05, 0) is 25.8 Å². The zero-order valence-electron chi connectivity index (χ0n) is 11.3. The van der Waals surface area contributed by atoms with Crippen molar-refractivity contribution in [3.05, 3.63) is 12.3 Å². The third kappa shape index (κ3) is 11.4. The Labute approximate surface area is 105 Å². The highest BCUT2D eigenvalue weighted by Crippen LogP contribution is 2.08. The van der Waals surface area contributed by atoms with Gasteiger partial charge in [-0.15, -0.1) is 0 Å². The smallest absolute Gasteiger partial charge is 0.327 e. The van der Waals surface area contributed by atoms with E-state index in [2.05, 4.69) is 6.92 Å². The average Bonchev–Trinajstić information content (AvgIpc) is 2.31. The topological polar surface area (TPSA) is 52.3 Å². The van der Waals surface area contributed by atoms with E-state index in [9.17, 15) is 4.79 Å². The summed E-state index contributed by atoms with van der Waals surface area (Å²) in [6, 6.07) is -0.543. The number of rotatable bonds is 10. The number of ether oxygens (including phenoxy) is 1. The van der Waals surface area contributed by atoms with Crippen LogP contribution in [0.25, 0.3) is 0 Å². The second-order valence-electron chi connectivity index (χ2n) is 4.51. The van der Waals surface area contributed by atoms with Crippen LogP contribution in [0.2, 0.25) is 0 Å². The molecule has 0 unspecified atom stereocenters. The van der Waals surface area contributed by atoms with Gasteiger partial charge in [-0.2, -0.15) is 0 Å². The van der Waals surface area contributed by atoms with Crippen molar-refractivity contribution in [3.8, 4) is 0 Å². The predicted molar refractivity (Wildman–Crippen MR) is 71.5 cm³/mol. The Bertz CT molecular complexity index is 212. The number of hydrogen-bond acceptors (Lipinski definition) is 3. The molecule has 3 heteroatoms. The summed E-state index contributed by atoms with van der Waals surface area (Å²) < 4.78 is 4.82. The molecular formula is C14H27NO2. The molecule has 0 aliphatic heterocycles. The molecule has 0 heterocycles. The van der Waals surface area contributed by atoms with Crippen LogP contribution in [0, 0.1) is 0 Å². The lowest BCUT2D eigenvalue weighted by atomic mass is 10.1. The van der Waals surface area contributed by atoms with Gasteiger partial charge < -0.3 is 10.5 Å². The first kappa shape index (κ1) is 16.2. The molecule has 0 amide bonds. The molecule has 0 aromatic carbocycles. The minimum Gasteiger partial charge on any atom is -0.434 e. The molecule has 0 bridgehead atoms. The van der Waals surface area contributed by atoms with Crippen LogP contribution >= 0.6 is 0 Å². The monoisotopic (exact) mass is 241 g/mol. The summed E-state index contributed by atoms with van der Waals surface area (Å²) in [5, 5.41) is 0. The molecule has 0 fully saturated rings. The van der Waals surface area contributed by atoms with Gasteiger partial charge in [0.05, 0.1) is 6.26 Å². The molecule has 0 aromatic rings. The van der Waals surface area contributed by atoms with Gasteiger partial charge in [0.1, 0.15) is 6.04 Å². The molecule has 0 rings (SSSR count). The van der Waals surface area contributed by atoms with E-state index >= 15 is 0 Å². The molecule has 0 aromatic heterocycles. The van der Waals surface area contributed by atoms with Crippen LogP contribution in [0.3, 0.4) is 0 Å². The molecule has 0 aliphatic rings. The van der Waals surface area contributed by atoms with Crippen LogP contribution in [0.5, 0.6) is 0 Å². The van der Waals surface area contributed by atoms with Gasteiger partial charge >= 0.3 is 5.97 Å². The van der Waals surface area contributed by atoms with Gasteiger partial charge in [-0.3, -0.25) is 0 Å². The molecule has 0 aliphatic carbocycles. The Morgan fingerprint density at radius 2 is 1.76 bits per heavy atom. The first-order chi connectivity index (χ1) is 8.18. The van der Waals surface area contributed by atoms with Crippen molar-refractivity contribution in [1.29, 1.82) is 0 Å². The Morgan fingerprint density at radius 3 is 2.35 bits per heavy atom. The quantitative estimate of drug-likeness (QED) is 0.361. The number of esters is 1. The molecule has 1 atom stereocenters. The highest BCUT2D eigenvalue weighted by Gasteiger charge is 2.05. The predicted octanol–water partition coefficient (Wildman–Crippen LogP) is 3.53. The van der Waals surface area contributed by atoms with Crippen molar-refractivity contribution in [2.45, 2.75) is 71.3 Å². The number of unbranched alkanes of at least 4 members (excludes halogenated alkanes) is 7. The van der Waals surface area contributed by atoms with E-state index in [1.54, 1.807) is 6.92 Å². The van der Waals surface area contributed by atoms with Crippen LogP contribution in [-0.4, -0.2) is 12.0 Å². The fraction of sp³-hybridized carbons (Fsp3) is 0.786.